The van der Waals surface area contributed by atoms with Crippen LogP contribution >= 0.6 is 24.8 Å². The maximum absolute atomic E-state index is 13.8. The lowest BCUT2D eigenvalue weighted by atomic mass is 9.81. The summed E-state index contributed by atoms with van der Waals surface area (Å²) >= 11 is 0. The van der Waals surface area contributed by atoms with Crippen molar-refractivity contribution in [3.8, 4) is 5.75 Å². The minimum Gasteiger partial charge on any atom is -0.494 e. The van der Waals surface area contributed by atoms with Crippen molar-refractivity contribution >= 4 is 30.7 Å². The fourth-order valence-electron chi connectivity index (χ4n) is 3.44. The Kier molecular flexibility index (Phi) is 11.2. The van der Waals surface area contributed by atoms with Crippen LogP contribution in [0.15, 0.2) is 18.2 Å². The average Bonchev–Trinajstić information content (AvgIpc) is 2.64. The third kappa shape index (κ3) is 5.95. The number of methoxy groups -OCH3 is 1. The fraction of sp³-hybridized carbons (Fsp3) is 0.632. The van der Waals surface area contributed by atoms with Gasteiger partial charge in [-0.2, -0.15) is 0 Å². The number of amides is 1. The van der Waals surface area contributed by atoms with E-state index in [2.05, 4.69) is 4.90 Å². The van der Waals surface area contributed by atoms with Crippen molar-refractivity contribution in [3.05, 3.63) is 29.6 Å². The largest absolute Gasteiger partial charge is 0.494 e. The van der Waals surface area contributed by atoms with Crippen LogP contribution in [-0.2, 0) is 11.3 Å². The predicted octanol–water partition coefficient (Wildman–Crippen LogP) is 3.09. The van der Waals surface area contributed by atoms with E-state index in [1.54, 1.807) is 6.07 Å². The first-order valence-corrected chi connectivity index (χ1v) is 9.03. The van der Waals surface area contributed by atoms with Gasteiger partial charge in [0.25, 0.3) is 0 Å². The van der Waals surface area contributed by atoms with E-state index in [1.165, 1.54) is 13.2 Å². The number of hydrogen-bond acceptors (Lipinski definition) is 4. The Morgan fingerprint density at radius 1 is 1.19 bits per heavy atom. The van der Waals surface area contributed by atoms with Gasteiger partial charge in [0, 0.05) is 39.3 Å². The van der Waals surface area contributed by atoms with Gasteiger partial charge in [-0.25, -0.2) is 4.39 Å². The number of halogens is 3. The SMILES string of the molecule is CCC(CC)(CN)C(=O)N1CCN(Cc2ccc(OC)c(F)c2)CC1.Cl.Cl. The standard InChI is InChI=1S/C19H30FN3O2.2ClH/c1-4-19(5-2,14-21)18(24)23-10-8-22(9-11-23)13-15-6-7-17(25-3)16(20)12-15;;/h6-7,12H,4-5,8-11,13-14,21H2,1-3H3;2*1H. The highest BCUT2D eigenvalue weighted by atomic mass is 35.5. The number of benzene rings is 1. The van der Waals surface area contributed by atoms with Crippen LogP contribution < -0.4 is 10.5 Å². The molecule has 0 radical (unpaired) electrons. The van der Waals surface area contributed by atoms with Crippen molar-refractivity contribution in [2.45, 2.75) is 33.2 Å². The molecule has 5 nitrogen and oxygen atoms in total. The number of nitrogens with zero attached hydrogens (tertiary/aromatic N) is 2. The van der Waals surface area contributed by atoms with E-state index in [0.29, 0.717) is 26.2 Å². The summed E-state index contributed by atoms with van der Waals surface area (Å²) in [4.78, 5) is 17.0. The minimum absolute atomic E-state index is 0. The normalized spacial score (nSPS) is 14.9. The van der Waals surface area contributed by atoms with Crippen molar-refractivity contribution < 1.29 is 13.9 Å². The van der Waals surface area contributed by atoms with Crippen LogP contribution in [0.3, 0.4) is 0 Å². The van der Waals surface area contributed by atoms with E-state index in [0.717, 1.165) is 31.5 Å². The maximum atomic E-state index is 13.8. The van der Waals surface area contributed by atoms with Crippen molar-refractivity contribution in [3.63, 3.8) is 0 Å². The molecule has 2 N–H and O–H groups in total. The van der Waals surface area contributed by atoms with Gasteiger partial charge in [-0.3, -0.25) is 9.69 Å². The number of hydrogen-bond donors (Lipinski definition) is 1. The highest BCUT2D eigenvalue weighted by Crippen LogP contribution is 2.28. The summed E-state index contributed by atoms with van der Waals surface area (Å²) in [5.41, 5.74) is 6.38. The Morgan fingerprint density at radius 2 is 1.78 bits per heavy atom. The molecule has 0 bridgehead atoms. The molecule has 1 aromatic carbocycles. The topological polar surface area (TPSA) is 58.8 Å². The smallest absolute Gasteiger partial charge is 0.230 e. The van der Waals surface area contributed by atoms with Crippen LogP contribution in [-0.4, -0.2) is 55.5 Å². The molecule has 0 unspecified atom stereocenters. The molecule has 1 saturated heterocycles. The molecule has 1 aliphatic heterocycles. The zero-order valence-electron chi connectivity index (χ0n) is 16.4. The molecule has 1 amide bonds. The van der Waals surface area contributed by atoms with Crippen molar-refractivity contribution in [2.24, 2.45) is 11.1 Å². The molecule has 0 aromatic heterocycles. The summed E-state index contributed by atoms with van der Waals surface area (Å²) in [6, 6.07) is 5.06. The Balaban J connectivity index is 0.00000338. The number of rotatable bonds is 7. The quantitative estimate of drug-likeness (QED) is 0.731. The van der Waals surface area contributed by atoms with Crippen molar-refractivity contribution in [1.82, 2.24) is 9.80 Å². The third-order valence-corrected chi connectivity index (χ3v) is 5.48. The van der Waals surface area contributed by atoms with E-state index in [1.807, 2.05) is 24.8 Å². The average molecular weight is 424 g/mol. The molecule has 156 valence electrons. The molecule has 1 fully saturated rings. The Morgan fingerprint density at radius 3 is 2.22 bits per heavy atom. The van der Waals surface area contributed by atoms with Crippen LogP contribution in [0.5, 0.6) is 5.75 Å². The van der Waals surface area contributed by atoms with Gasteiger partial charge in [0.1, 0.15) is 0 Å². The monoisotopic (exact) mass is 423 g/mol. The lowest BCUT2D eigenvalue weighted by Gasteiger charge is -2.40. The summed E-state index contributed by atoms with van der Waals surface area (Å²) in [6.07, 6.45) is 1.54. The molecule has 8 heteroatoms. The second-order valence-corrected chi connectivity index (χ2v) is 6.73. The summed E-state index contributed by atoms with van der Waals surface area (Å²) in [6.45, 7) is 8.08. The van der Waals surface area contributed by atoms with Crippen LogP contribution in [0, 0.1) is 11.2 Å². The lowest BCUT2D eigenvalue weighted by molar-refractivity contribution is -0.144. The van der Waals surface area contributed by atoms with Gasteiger partial charge in [0.15, 0.2) is 11.6 Å². The number of carbonyl (C=O) groups excluding carboxylic acids is 1. The van der Waals surface area contributed by atoms with Crippen molar-refractivity contribution in [1.29, 1.82) is 0 Å². The fourth-order valence-corrected chi connectivity index (χ4v) is 3.44. The first-order valence-electron chi connectivity index (χ1n) is 9.03. The highest BCUT2D eigenvalue weighted by Gasteiger charge is 2.37. The molecule has 0 aliphatic carbocycles. The molecule has 1 aromatic rings. The molecule has 0 saturated carbocycles. The summed E-state index contributed by atoms with van der Waals surface area (Å²) < 4.78 is 18.8. The second-order valence-electron chi connectivity index (χ2n) is 6.73. The molecular formula is C19H32Cl2FN3O2. The van der Waals surface area contributed by atoms with Gasteiger partial charge >= 0.3 is 0 Å². The second kappa shape index (κ2) is 11.7. The molecule has 0 atom stereocenters. The lowest BCUT2D eigenvalue weighted by Crippen LogP contribution is -2.54. The Labute approximate surface area is 174 Å². The van der Waals surface area contributed by atoms with Crippen LogP contribution in [0.25, 0.3) is 0 Å². The van der Waals surface area contributed by atoms with Gasteiger partial charge in [-0.15, -0.1) is 24.8 Å². The summed E-state index contributed by atoms with van der Waals surface area (Å²) in [5.74, 6) is 0.0963. The van der Waals surface area contributed by atoms with Gasteiger partial charge in [0.2, 0.25) is 5.91 Å². The van der Waals surface area contributed by atoms with E-state index >= 15 is 0 Å². The molecule has 1 aliphatic rings. The van der Waals surface area contributed by atoms with E-state index in [-0.39, 0.29) is 42.3 Å². The number of ether oxygens (including phenoxy) is 1. The Bertz CT molecular complexity index is 584. The first kappa shape index (κ1) is 25.9. The van der Waals surface area contributed by atoms with Crippen LogP contribution in [0.4, 0.5) is 4.39 Å². The van der Waals surface area contributed by atoms with Crippen LogP contribution in [0.2, 0.25) is 0 Å². The van der Waals surface area contributed by atoms with Crippen molar-refractivity contribution in [2.75, 3.05) is 39.8 Å². The van der Waals surface area contributed by atoms with E-state index in [4.69, 9.17) is 10.5 Å². The number of carbonyl (C=O) groups is 1. The molecule has 0 spiro atoms. The minimum atomic E-state index is -0.429. The number of nitrogens with two attached hydrogens (primary N) is 1. The maximum Gasteiger partial charge on any atom is 0.230 e. The highest BCUT2D eigenvalue weighted by molar-refractivity contribution is 5.85. The van der Waals surface area contributed by atoms with Gasteiger partial charge < -0.3 is 15.4 Å². The zero-order chi connectivity index (χ0) is 18.4. The van der Waals surface area contributed by atoms with Gasteiger partial charge in [0.05, 0.1) is 12.5 Å². The molecule has 1 heterocycles. The number of piperazine rings is 1. The zero-order valence-corrected chi connectivity index (χ0v) is 18.0. The summed E-state index contributed by atoms with van der Waals surface area (Å²) in [5, 5.41) is 0. The molecule has 2 rings (SSSR count). The van der Waals surface area contributed by atoms with Gasteiger partial charge in [-0.1, -0.05) is 19.9 Å². The molecule has 27 heavy (non-hydrogen) atoms. The van der Waals surface area contributed by atoms with E-state index < -0.39 is 5.41 Å². The van der Waals surface area contributed by atoms with E-state index in [9.17, 15) is 9.18 Å². The summed E-state index contributed by atoms with van der Waals surface area (Å²) in [7, 11) is 1.46. The van der Waals surface area contributed by atoms with Crippen LogP contribution in [0.1, 0.15) is 32.3 Å². The molecular weight excluding hydrogens is 392 g/mol. The Hall–Kier alpha value is -1.08. The van der Waals surface area contributed by atoms with Gasteiger partial charge in [-0.05, 0) is 30.5 Å². The third-order valence-electron chi connectivity index (χ3n) is 5.48. The first-order chi connectivity index (χ1) is 12.0. The predicted molar refractivity (Wildman–Crippen MR) is 111 cm³/mol.